The Balaban J connectivity index is 2.19. The van der Waals surface area contributed by atoms with Crippen molar-refractivity contribution in [2.45, 2.75) is 105 Å². The summed E-state index contributed by atoms with van der Waals surface area (Å²) < 4.78 is 2.78. The summed E-state index contributed by atoms with van der Waals surface area (Å²) in [4.78, 5) is 0. The Labute approximate surface area is 217 Å². The van der Waals surface area contributed by atoms with E-state index in [0.717, 1.165) is 0 Å². The molecule has 1 heterocycles. The van der Waals surface area contributed by atoms with Crippen LogP contribution >= 0.6 is 11.3 Å². The molecule has 0 fully saturated rings. The molecule has 3 aromatic carbocycles. The molecule has 0 aliphatic rings. The van der Waals surface area contributed by atoms with E-state index in [1.165, 1.54) is 53.6 Å². The van der Waals surface area contributed by atoms with Crippen molar-refractivity contribution in [3.63, 3.8) is 0 Å². The maximum Gasteiger partial charge on any atom is 0.0361 e. The minimum Gasteiger partial charge on any atom is -0.135 e. The first-order chi connectivity index (χ1) is 15.9. The van der Waals surface area contributed by atoms with Gasteiger partial charge < -0.3 is 0 Å². The second kappa shape index (κ2) is 8.20. The SMILES string of the molecule is CC(C)(C)c1cc(-c2cccc3sc4ccc(C(C)(C)C)c(C(C)(C)C)c4c23)cc(C(C)(C)C)c1. The van der Waals surface area contributed by atoms with Gasteiger partial charge in [-0.1, -0.05) is 119 Å². The van der Waals surface area contributed by atoms with Crippen LogP contribution < -0.4 is 0 Å². The van der Waals surface area contributed by atoms with Gasteiger partial charge in [0.1, 0.15) is 0 Å². The molecule has 0 amide bonds. The molecule has 0 nitrogen and oxygen atoms in total. The summed E-state index contributed by atoms with van der Waals surface area (Å²) >= 11 is 1.94. The molecule has 1 heteroatoms. The highest BCUT2D eigenvalue weighted by Gasteiger charge is 2.29. The van der Waals surface area contributed by atoms with Gasteiger partial charge in [-0.25, -0.2) is 0 Å². The van der Waals surface area contributed by atoms with E-state index < -0.39 is 0 Å². The van der Waals surface area contributed by atoms with Gasteiger partial charge in [0.25, 0.3) is 0 Å². The molecule has 4 rings (SSSR count). The van der Waals surface area contributed by atoms with Crippen LogP contribution in [0.25, 0.3) is 31.3 Å². The van der Waals surface area contributed by atoms with Crippen molar-refractivity contribution < 1.29 is 0 Å². The van der Waals surface area contributed by atoms with Gasteiger partial charge in [-0.15, -0.1) is 11.3 Å². The van der Waals surface area contributed by atoms with Crippen molar-refractivity contribution >= 4 is 31.5 Å². The number of rotatable bonds is 1. The van der Waals surface area contributed by atoms with Gasteiger partial charge >= 0.3 is 0 Å². The lowest BCUT2D eigenvalue weighted by Gasteiger charge is -2.31. The van der Waals surface area contributed by atoms with Gasteiger partial charge in [0, 0.05) is 20.2 Å². The molecule has 35 heavy (non-hydrogen) atoms. The Bertz CT molecular complexity index is 1370. The van der Waals surface area contributed by atoms with E-state index in [1.807, 2.05) is 11.3 Å². The molecule has 0 atom stereocenters. The van der Waals surface area contributed by atoms with Crippen LogP contribution in [-0.2, 0) is 21.7 Å². The molecule has 0 saturated carbocycles. The number of benzene rings is 3. The summed E-state index contributed by atoms with van der Waals surface area (Å²) in [5.74, 6) is 0. The van der Waals surface area contributed by atoms with Gasteiger partial charge in [-0.2, -0.15) is 0 Å². The molecule has 0 N–H and O–H groups in total. The van der Waals surface area contributed by atoms with Crippen molar-refractivity contribution in [3.05, 3.63) is 70.8 Å². The minimum absolute atomic E-state index is 0.0487. The topological polar surface area (TPSA) is 0 Å². The minimum atomic E-state index is 0.0487. The van der Waals surface area contributed by atoms with E-state index in [2.05, 4.69) is 132 Å². The zero-order valence-electron chi connectivity index (χ0n) is 24.0. The molecule has 0 aliphatic carbocycles. The first-order valence-electron chi connectivity index (χ1n) is 13.0. The monoisotopic (exact) mass is 484 g/mol. The Morgan fingerprint density at radius 3 is 1.54 bits per heavy atom. The van der Waals surface area contributed by atoms with Crippen LogP contribution in [0, 0.1) is 0 Å². The van der Waals surface area contributed by atoms with Gasteiger partial charge in [0.05, 0.1) is 0 Å². The summed E-state index contributed by atoms with van der Waals surface area (Å²) in [6.45, 7) is 28.1. The van der Waals surface area contributed by atoms with Crippen molar-refractivity contribution in [2.75, 3.05) is 0 Å². The lowest BCUT2D eigenvalue weighted by atomic mass is 9.73. The van der Waals surface area contributed by atoms with Crippen molar-refractivity contribution in [1.29, 1.82) is 0 Å². The van der Waals surface area contributed by atoms with E-state index >= 15 is 0 Å². The van der Waals surface area contributed by atoms with Crippen LogP contribution in [0.2, 0.25) is 0 Å². The molecule has 0 unspecified atom stereocenters. The fourth-order valence-corrected chi connectivity index (χ4v) is 6.34. The second-order valence-electron chi connectivity index (χ2n) is 14.4. The van der Waals surface area contributed by atoms with E-state index in [-0.39, 0.29) is 21.7 Å². The summed E-state index contributed by atoms with van der Waals surface area (Å²) in [7, 11) is 0. The third kappa shape index (κ3) is 4.82. The van der Waals surface area contributed by atoms with E-state index in [0.29, 0.717) is 0 Å². The van der Waals surface area contributed by atoms with Crippen LogP contribution in [0.3, 0.4) is 0 Å². The molecule has 0 spiro atoms. The molecule has 0 radical (unpaired) electrons. The number of hydrogen-bond acceptors (Lipinski definition) is 1. The van der Waals surface area contributed by atoms with E-state index in [4.69, 9.17) is 0 Å². The highest BCUT2D eigenvalue weighted by molar-refractivity contribution is 7.26. The molecule has 0 saturated heterocycles. The van der Waals surface area contributed by atoms with Crippen molar-refractivity contribution in [1.82, 2.24) is 0 Å². The number of hydrogen-bond donors (Lipinski definition) is 0. The maximum atomic E-state index is 2.44. The Hall–Kier alpha value is -2.12. The first kappa shape index (κ1) is 26.0. The zero-order valence-corrected chi connectivity index (χ0v) is 24.8. The third-order valence-electron chi connectivity index (χ3n) is 7.20. The molecule has 186 valence electrons. The normalized spacial score (nSPS) is 13.7. The first-order valence-corrected chi connectivity index (χ1v) is 13.9. The molecule has 4 aromatic rings. The molecular formula is C34H44S. The maximum absolute atomic E-state index is 2.44. The predicted molar refractivity (Wildman–Crippen MR) is 160 cm³/mol. The largest absolute Gasteiger partial charge is 0.135 e. The lowest BCUT2D eigenvalue weighted by Crippen LogP contribution is -2.22. The summed E-state index contributed by atoms with van der Waals surface area (Å²) in [5.41, 5.74) is 8.81. The van der Waals surface area contributed by atoms with Gasteiger partial charge in [0.15, 0.2) is 0 Å². The lowest BCUT2D eigenvalue weighted by molar-refractivity contribution is 0.535. The Kier molecular flexibility index (Phi) is 6.08. The molecule has 0 bridgehead atoms. The van der Waals surface area contributed by atoms with Crippen LogP contribution in [-0.4, -0.2) is 0 Å². The quantitative estimate of drug-likeness (QED) is 0.252. The summed E-state index contributed by atoms with van der Waals surface area (Å²) in [6.07, 6.45) is 0. The summed E-state index contributed by atoms with van der Waals surface area (Å²) in [6, 6.07) is 19.0. The molecular weight excluding hydrogens is 440 g/mol. The molecule has 0 aliphatic heterocycles. The fourth-order valence-electron chi connectivity index (χ4n) is 5.20. The standard InChI is InChI=1S/C34H44S/c1-31(2,3)22-18-21(19-23(20-22)32(4,5)6)24-14-13-15-26-28(24)29-27(35-26)17-16-25(33(7,8)9)30(29)34(10,11)12/h13-20H,1-12H3. The van der Waals surface area contributed by atoms with Gasteiger partial charge in [-0.05, 0) is 67.2 Å². The average molecular weight is 485 g/mol. The smallest absolute Gasteiger partial charge is 0.0361 e. The van der Waals surface area contributed by atoms with Crippen molar-refractivity contribution in [3.8, 4) is 11.1 Å². The second-order valence-corrected chi connectivity index (χ2v) is 15.5. The fraction of sp³-hybridized carbons (Fsp3) is 0.471. The number of thiophene rings is 1. The predicted octanol–water partition coefficient (Wildman–Crippen LogP) is 10.9. The third-order valence-corrected chi connectivity index (χ3v) is 8.32. The van der Waals surface area contributed by atoms with E-state index in [9.17, 15) is 0 Å². The highest BCUT2D eigenvalue weighted by Crippen LogP contribution is 2.48. The Morgan fingerprint density at radius 2 is 1.06 bits per heavy atom. The summed E-state index contributed by atoms with van der Waals surface area (Å²) in [5, 5.41) is 2.88. The zero-order chi connectivity index (χ0) is 26.1. The van der Waals surface area contributed by atoms with Crippen LogP contribution in [0.15, 0.2) is 48.5 Å². The van der Waals surface area contributed by atoms with Gasteiger partial charge in [0.2, 0.25) is 0 Å². The van der Waals surface area contributed by atoms with Crippen LogP contribution in [0.1, 0.15) is 105 Å². The van der Waals surface area contributed by atoms with E-state index in [1.54, 1.807) is 0 Å². The average Bonchev–Trinajstić information content (AvgIpc) is 3.08. The number of fused-ring (bicyclic) bond motifs is 3. The Morgan fingerprint density at radius 1 is 0.514 bits per heavy atom. The van der Waals surface area contributed by atoms with Crippen LogP contribution in [0.4, 0.5) is 0 Å². The molecule has 1 aromatic heterocycles. The van der Waals surface area contributed by atoms with Crippen molar-refractivity contribution in [2.24, 2.45) is 0 Å². The highest BCUT2D eigenvalue weighted by atomic mass is 32.1. The van der Waals surface area contributed by atoms with Crippen LogP contribution in [0.5, 0.6) is 0 Å². The van der Waals surface area contributed by atoms with Gasteiger partial charge in [-0.3, -0.25) is 0 Å².